The van der Waals surface area contributed by atoms with E-state index < -0.39 is 5.41 Å². The van der Waals surface area contributed by atoms with E-state index in [1.165, 1.54) is 0 Å². The number of aldehydes is 1. The van der Waals surface area contributed by atoms with Gasteiger partial charge >= 0.3 is 0 Å². The molecular formula is C9H12O2. The van der Waals surface area contributed by atoms with Crippen molar-refractivity contribution in [3.05, 3.63) is 0 Å². The van der Waals surface area contributed by atoms with E-state index in [1.54, 1.807) is 6.92 Å². The normalized spacial score (nSPS) is 48.3. The van der Waals surface area contributed by atoms with Gasteiger partial charge in [-0.15, -0.1) is 0 Å². The molecular weight excluding hydrogens is 140 g/mol. The zero-order valence-electron chi connectivity index (χ0n) is 6.67. The molecule has 2 nitrogen and oxygen atoms in total. The molecule has 0 aromatic rings. The Balaban J connectivity index is 2.37. The Kier molecular flexibility index (Phi) is 1.23. The summed E-state index contributed by atoms with van der Waals surface area (Å²) in [6.07, 6.45) is 3.92. The standard InChI is InChI=1S/C9H12O2/c1-9(5-10)7-3-2-6(4-7)8(9)11/h5-7H,2-4H2,1H3/t6-,7+,9-/m0/s1. The fourth-order valence-corrected chi connectivity index (χ4v) is 2.56. The van der Waals surface area contributed by atoms with Crippen molar-refractivity contribution in [1.29, 1.82) is 0 Å². The van der Waals surface area contributed by atoms with Crippen LogP contribution in [0, 0.1) is 17.3 Å². The smallest absolute Gasteiger partial charge is 0.149 e. The predicted molar refractivity (Wildman–Crippen MR) is 40.0 cm³/mol. The molecule has 2 aliphatic rings. The molecule has 0 spiro atoms. The van der Waals surface area contributed by atoms with Crippen LogP contribution in [0.5, 0.6) is 0 Å². The van der Waals surface area contributed by atoms with Crippen molar-refractivity contribution < 1.29 is 9.59 Å². The van der Waals surface area contributed by atoms with Crippen molar-refractivity contribution in [3.8, 4) is 0 Å². The molecule has 0 aromatic carbocycles. The Hall–Kier alpha value is -0.660. The summed E-state index contributed by atoms with van der Waals surface area (Å²) in [5.74, 6) is 0.774. The fraction of sp³-hybridized carbons (Fsp3) is 0.778. The molecule has 0 radical (unpaired) electrons. The van der Waals surface area contributed by atoms with Crippen LogP contribution in [0.25, 0.3) is 0 Å². The minimum absolute atomic E-state index is 0.198. The monoisotopic (exact) mass is 152 g/mol. The zero-order valence-corrected chi connectivity index (χ0v) is 6.67. The number of carbonyl (C=O) groups excluding carboxylic acids is 2. The number of rotatable bonds is 1. The van der Waals surface area contributed by atoms with Gasteiger partial charge in [-0.3, -0.25) is 4.79 Å². The van der Waals surface area contributed by atoms with Crippen LogP contribution in [-0.2, 0) is 9.59 Å². The summed E-state index contributed by atoms with van der Waals surface area (Å²) >= 11 is 0. The summed E-state index contributed by atoms with van der Waals surface area (Å²) in [4.78, 5) is 22.2. The highest BCUT2D eigenvalue weighted by Gasteiger charge is 2.54. The second-order valence-electron chi connectivity index (χ2n) is 3.97. The van der Waals surface area contributed by atoms with Crippen LogP contribution in [-0.4, -0.2) is 12.1 Å². The summed E-state index contributed by atoms with van der Waals surface area (Å²) < 4.78 is 0. The largest absolute Gasteiger partial charge is 0.302 e. The molecule has 0 saturated heterocycles. The number of carbonyl (C=O) groups is 2. The highest BCUT2D eigenvalue weighted by atomic mass is 16.1. The molecule has 2 aliphatic carbocycles. The third-order valence-corrected chi connectivity index (χ3v) is 3.43. The van der Waals surface area contributed by atoms with E-state index in [9.17, 15) is 9.59 Å². The molecule has 0 aromatic heterocycles. The maximum atomic E-state index is 11.5. The van der Waals surface area contributed by atoms with E-state index >= 15 is 0 Å². The molecule has 2 rings (SSSR count). The highest BCUT2D eigenvalue weighted by Crippen LogP contribution is 2.51. The number of ketones is 1. The number of fused-ring (bicyclic) bond motifs is 2. The quantitative estimate of drug-likeness (QED) is 0.418. The van der Waals surface area contributed by atoms with E-state index in [1.807, 2.05) is 0 Å². The molecule has 0 heterocycles. The Labute approximate surface area is 66.0 Å². The van der Waals surface area contributed by atoms with Gasteiger partial charge in [0, 0.05) is 5.92 Å². The van der Waals surface area contributed by atoms with Gasteiger partial charge in [0.15, 0.2) is 0 Å². The van der Waals surface area contributed by atoms with Crippen LogP contribution < -0.4 is 0 Å². The SMILES string of the molecule is C[C@@]1(C=O)C(=O)[C@H]2CC[C@@H]1C2. The third kappa shape index (κ3) is 0.673. The van der Waals surface area contributed by atoms with Crippen LogP contribution in [0.3, 0.4) is 0 Å². The van der Waals surface area contributed by atoms with Gasteiger partial charge in [0.05, 0.1) is 5.41 Å². The molecule has 0 amide bonds. The number of Topliss-reactive ketones (excluding diaryl/α,β-unsaturated/α-hetero) is 1. The summed E-state index contributed by atoms with van der Waals surface area (Å²) in [6, 6.07) is 0. The molecule has 2 bridgehead atoms. The Bertz CT molecular complexity index is 222. The molecule has 0 N–H and O–H groups in total. The maximum absolute atomic E-state index is 11.5. The fourth-order valence-electron chi connectivity index (χ4n) is 2.56. The van der Waals surface area contributed by atoms with Crippen LogP contribution in [0.15, 0.2) is 0 Å². The lowest BCUT2D eigenvalue weighted by molar-refractivity contribution is -0.136. The topological polar surface area (TPSA) is 34.1 Å². The summed E-state index contributed by atoms with van der Waals surface area (Å²) in [5, 5.41) is 0. The summed E-state index contributed by atoms with van der Waals surface area (Å²) in [5.41, 5.74) is -0.608. The predicted octanol–water partition coefficient (Wildman–Crippen LogP) is 1.19. The van der Waals surface area contributed by atoms with E-state index in [0.717, 1.165) is 25.5 Å². The first-order valence-electron chi connectivity index (χ1n) is 4.19. The van der Waals surface area contributed by atoms with Crippen molar-refractivity contribution in [3.63, 3.8) is 0 Å². The first-order valence-corrected chi connectivity index (χ1v) is 4.19. The first kappa shape index (κ1) is 7.01. The Morgan fingerprint density at radius 2 is 2.27 bits per heavy atom. The van der Waals surface area contributed by atoms with Gasteiger partial charge in [-0.05, 0) is 32.1 Å². The van der Waals surface area contributed by atoms with Crippen molar-refractivity contribution in [2.75, 3.05) is 0 Å². The van der Waals surface area contributed by atoms with E-state index in [0.29, 0.717) is 5.92 Å². The molecule has 11 heavy (non-hydrogen) atoms. The molecule has 0 unspecified atom stereocenters. The Morgan fingerprint density at radius 3 is 2.64 bits per heavy atom. The van der Waals surface area contributed by atoms with Crippen molar-refractivity contribution in [2.45, 2.75) is 26.2 Å². The van der Waals surface area contributed by atoms with E-state index in [4.69, 9.17) is 0 Å². The lowest BCUT2D eigenvalue weighted by Crippen LogP contribution is -2.35. The van der Waals surface area contributed by atoms with Crippen LogP contribution in [0.1, 0.15) is 26.2 Å². The van der Waals surface area contributed by atoms with E-state index in [-0.39, 0.29) is 11.7 Å². The minimum atomic E-state index is -0.608. The second kappa shape index (κ2) is 1.93. The van der Waals surface area contributed by atoms with Crippen molar-refractivity contribution >= 4 is 12.1 Å². The second-order valence-corrected chi connectivity index (χ2v) is 3.97. The highest BCUT2D eigenvalue weighted by molar-refractivity contribution is 6.02. The molecule has 3 atom stereocenters. The van der Waals surface area contributed by atoms with Crippen LogP contribution in [0.2, 0.25) is 0 Å². The molecule has 60 valence electrons. The van der Waals surface area contributed by atoms with Gasteiger partial charge in [-0.1, -0.05) is 0 Å². The van der Waals surface area contributed by atoms with Gasteiger partial charge < -0.3 is 4.79 Å². The third-order valence-electron chi connectivity index (χ3n) is 3.43. The number of hydrogen-bond acceptors (Lipinski definition) is 2. The molecule has 2 fully saturated rings. The van der Waals surface area contributed by atoms with Gasteiger partial charge in [0.1, 0.15) is 12.1 Å². The molecule has 2 saturated carbocycles. The molecule has 0 aliphatic heterocycles. The van der Waals surface area contributed by atoms with Gasteiger partial charge in [-0.2, -0.15) is 0 Å². The zero-order chi connectivity index (χ0) is 8.06. The van der Waals surface area contributed by atoms with Crippen LogP contribution in [0.4, 0.5) is 0 Å². The summed E-state index contributed by atoms with van der Waals surface area (Å²) in [6.45, 7) is 1.80. The lowest BCUT2D eigenvalue weighted by Gasteiger charge is -2.25. The minimum Gasteiger partial charge on any atom is -0.302 e. The average molecular weight is 152 g/mol. The van der Waals surface area contributed by atoms with Crippen molar-refractivity contribution in [1.82, 2.24) is 0 Å². The number of hydrogen-bond donors (Lipinski definition) is 0. The Morgan fingerprint density at radius 1 is 1.55 bits per heavy atom. The molecule has 2 heteroatoms. The lowest BCUT2D eigenvalue weighted by atomic mass is 9.75. The first-order chi connectivity index (χ1) is 5.18. The van der Waals surface area contributed by atoms with Gasteiger partial charge in [0.25, 0.3) is 0 Å². The van der Waals surface area contributed by atoms with Crippen LogP contribution >= 0.6 is 0 Å². The van der Waals surface area contributed by atoms with Gasteiger partial charge in [0.2, 0.25) is 0 Å². The summed E-state index contributed by atoms with van der Waals surface area (Å²) in [7, 11) is 0. The average Bonchev–Trinajstić information content (AvgIpc) is 2.56. The van der Waals surface area contributed by atoms with Gasteiger partial charge in [-0.25, -0.2) is 0 Å². The van der Waals surface area contributed by atoms with E-state index in [2.05, 4.69) is 0 Å². The van der Waals surface area contributed by atoms with Crippen molar-refractivity contribution in [2.24, 2.45) is 17.3 Å². The maximum Gasteiger partial charge on any atom is 0.149 e.